The van der Waals surface area contributed by atoms with E-state index >= 15 is 0 Å². The van der Waals surface area contributed by atoms with Crippen LogP contribution in [0.3, 0.4) is 0 Å². The smallest absolute Gasteiger partial charge is 0.270 e. The summed E-state index contributed by atoms with van der Waals surface area (Å²) < 4.78 is 0. The quantitative estimate of drug-likeness (QED) is 0.820. The van der Waals surface area contributed by atoms with Gasteiger partial charge in [-0.25, -0.2) is 0 Å². The molecule has 2 amide bonds. The van der Waals surface area contributed by atoms with Gasteiger partial charge in [-0.05, 0) is 35.2 Å². The van der Waals surface area contributed by atoms with Crippen LogP contribution in [0.5, 0.6) is 0 Å². The average molecular weight is 337 g/mol. The topological polar surface area (TPSA) is 71.1 Å². The number of rotatable bonds is 5. The summed E-state index contributed by atoms with van der Waals surface area (Å²) >= 11 is 0. The van der Waals surface area contributed by atoms with Gasteiger partial charge in [0, 0.05) is 24.0 Å². The molecule has 0 aliphatic heterocycles. The van der Waals surface area contributed by atoms with E-state index in [0.29, 0.717) is 17.8 Å². The molecule has 0 aliphatic carbocycles. The summed E-state index contributed by atoms with van der Waals surface area (Å²) in [5, 5.41) is 5.47. The predicted molar refractivity (Wildman–Crippen MR) is 99.9 cm³/mol. The highest BCUT2D eigenvalue weighted by atomic mass is 16.2. The molecule has 5 nitrogen and oxygen atoms in total. The van der Waals surface area contributed by atoms with E-state index in [1.807, 2.05) is 24.3 Å². The largest absolute Gasteiger partial charge is 0.347 e. The third-order valence-electron chi connectivity index (χ3n) is 3.67. The molecule has 0 fully saturated rings. The maximum atomic E-state index is 12.4. The Morgan fingerprint density at radius 2 is 1.80 bits per heavy atom. The molecule has 5 heteroatoms. The number of aromatic nitrogens is 1. The second-order valence-corrected chi connectivity index (χ2v) is 6.71. The third kappa shape index (κ3) is 5.01. The van der Waals surface area contributed by atoms with E-state index in [1.54, 1.807) is 12.1 Å². The van der Waals surface area contributed by atoms with E-state index in [4.69, 9.17) is 0 Å². The SMILES string of the molecule is C=CCNC(=O)c1cc(C(=O)Nc2ccc(C(C)(C)C)cc2)ccn1. The summed E-state index contributed by atoms with van der Waals surface area (Å²) in [6.45, 7) is 10.3. The van der Waals surface area contributed by atoms with Crippen LogP contribution >= 0.6 is 0 Å². The van der Waals surface area contributed by atoms with Crippen LogP contribution in [0.2, 0.25) is 0 Å². The minimum absolute atomic E-state index is 0.0569. The Morgan fingerprint density at radius 1 is 1.12 bits per heavy atom. The molecule has 1 aromatic heterocycles. The van der Waals surface area contributed by atoms with E-state index in [0.717, 1.165) is 0 Å². The number of pyridine rings is 1. The molecule has 25 heavy (non-hydrogen) atoms. The summed E-state index contributed by atoms with van der Waals surface area (Å²) in [6, 6.07) is 10.8. The molecule has 2 aromatic rings. The highest BCUT2D eigenvalue weighted by Gasteiger charge is 2.14. The third-order valence-corrected chi connectivity index (χ3v) is 3.67. The average Bonchev–Trinajstić information content (AvgIpc) is 2.59. The molecule has 0 saturated carbocycles. The first-order valence-electron chi connectivity index (χ1n) is 8.08. The zero-order valence-corrected chi connectivity index (χ0v) is 14.8. The van der Waals surface area contributed by atoms with Crippen molar-refractivity contribution in [2.75, 3.05) is 11.9 Å². The number of hydrogen-bond acceptors (Lipinski definition) is 3. The Kier molecular flexibility index (Phi) is 5.70. The first-order chi connectivity index (χ1) is 11.8. The summed E-state index contributed by atoms with van der Waals surface area (Å²) in [5.41, 5.74) is 2.51. The van der Waals surface area contributed by atoms with Crippen molar-refractivity contribution in [3.8, 4) is 0 Å². The highest BCUT2D eigenvalue weighted by molar-refractivity contribution is 6.05. The molecule has 0 radical (unpaired) electrons. The first kappa shape index (κ1) is 18.4. The number of anilines is 1. The lowest BCUT2D eigenvalue weighted by Crippen LogP contribution is -2.24. The Bertz CT molecular complexity index is 774. The van der Waals surface area contributed by atoms with E-state index < -0.39 is 0 Å². The summed E-state index contributed by atoms with van der Waals surface area (Å²) in [5.74, 6) is -0.632. The minimum atomic E-state index is -0.343. The molecule has 0 bridgehead atoms. The van der Waals surface area contributed by atoms with E-state index in [2.05, 4.69) is 43.0 Å². The van der Waals surface area contributed by atoms with Gasteiger partial charge in [-0.15, -0.1) is 6.58 Å². The molecule has 2 N–H and O–H groups in total. The van der Waals surface area contributed by atoms with E-state index in [-0.39, 0.29) is 22.9 Å². The van der Waals surface area contributed by atoms with Crippen LogP contribution in [0.15, 0.2) is 55.3 Å². The lowest BCUT2D eigenvalue weighted by atomic mass is 9.87. The summed E-state index contributed by atoms with van der Waals surface area (Å²) in [7, 11) is 0. The van der Waals surface area contributed by atoms with Gasteiger partial charge < -0.3 is 10.6 Å². The van der Waals surface area contributed by atoms with Gasteiger partial charge in [-0.3, -0.25) is 14.6 Å². The van der Waals surface area contributed by atoms with Gasteiger partial charge in [0.05, 0.1) is 0 Å². The van der Waals surface area contributed by atoms with Gasteiger partial charge >= 0.3 is 0 Å². The Hall–Kier alpha value is -2.95. The number of amides is 2. The molecule has 1 heterocycles. The fourth-order valence-corrected chi connectivity index (χ4v) is 2.21. The predicted octanol–water partition coefficient (Wildman–Crippen LogP) is 3.55. The van der Waals surface area contributed by atoms with Crippen molar-refractivity contribution in [1.82, 2.24) is 10.3 Å². The molecule has 0 unspecified atom stereocenters. The van der Waals surface area contributed by atoms with Crippen molar-refractivity contribution in [2.45, 2.75) is 26.2 Å². The van der Waals surface area contributed by atoms with Crippen LogP contribution in [0.1, 0.15) is 47.2 Å². The summed E-state index contributed by atoms with van der Waals surface area (Å²) in [4.78, 5) is 28.3. The second kappa shape index (κ2) is 7.75. The molecule has 0 aliphatic rings. The van der Waals surface area contributed by atoms with Gasteiger partial charge in [0.2, 0.25) is 0 Å². The Balaban J connectivity index is 2.10. The molecular weight excluding hydrogens is 314 g/mol. The van der Waals surface area contributed by atoms with Gasteiger partial charge in [0.1, 0.15) is 5.69 Å². The fourth-order valence-electron chi connectivity index (χ4n) is 2.21. The van der Waals surface area contributed by atoms with E-state index in [1.165, 1.54) is 17.8 Å². The maximum Gasteiger partial charge on any atom is 0.270 e. The normalized spacial score (nSPS) is 10.8. The Morgan fingerprint density at radius 3 is 2.40 bits per heavy atom. The van der Waals surface area contributed by atoms with Gasteiger partial charge in [0.25, 0.3) is 11.8 Å². The molecule has 2 rings (SSSR count). The van der Waals surface area contributed by atoms with Crippen molar-refractivity contribution in [2.24, 2.45) is 0 Å². The number of carbonyl (C=O) groups is 2. The fraction of sp³-hybridized carbons (Fsp3) is 0.250. The van der Waals surface area contributed by atoms with Crippen LogP contribution in [0, 0.1) is 0 Å². The zero-order chi connectivity index (χ0) is 18.4. The molecule has 0 spiro atoms. The van der Waals surface area contributed by atoms with Crippen molar-refractivity contribution in [3.63, 3.8) is 0 Å². The maximum absolute atomic E-state index is 12.4. The number of nitrogens with zero attached hydrogens (tertiary/aromatic N) is 1. The molecule has 130 valence electrons. The number of nitrogens with one attached hydrogen (secondary N) is 2. The number of hydrogen-bond donors (Lipinski definition) is 2. The monoisotopic (exact) mass is 337 g/mol. The molecule has 1 aromatic carbocycles. The van der Waals surface area contributed by atoms with E-state index in [9.17, 15) is 9.59 Å². The minimum Gasteiger partial charge on any atom is -0.347 e. The van der Waals surface area contributed by atoms with Crippen molar-refractivity contribution >= 4 is 17.5 Å². The zero-order valence-electron chi connectivity index (χ0n) is 14.8. The highest BCUT2D eigenvalue weighted by Crippen LogP contribution is 2.23. The van der Waals surface area contributed by atoms with Crippen LogP contribution in [-0.4, -0.2) is 23.3 Å². The lowest BCUT2D eigenvalue weighted by molar-refractivity contribution is 0.0953. The Labute approximate surface area is 148 Å². The number of benzene rings is 1. The molecule has 0 atom stereocenters. The van der Waals surface area contributed by atoms with Gasteiger partial charge in [-0.1, -0.05) is 39.0 Å². The van der Waals surface area contributed by atoms with Crippen molar-refractivity contribution in [1.29, 1.82) is 0 Å². The molecule has 0 saturated heterocycles. The van der Waals surface area contributed by atoms with Gasteiger partial charge in [0.15, 0.2) is 0 Å². The standard InChI is InChI=1S/C20H23N3O2/c1-5-11-22-19(25)17-13-14(10-12-21-17)18(24)23-16-8-6-15(7-9-16)20(2,3)4/h5-10,12-13H,1,11H2,2-4H3,(H,22,25)(H,23,24). The second-order valence-electron chi connectivity index (χ2n) is 6.71. The van der Waals surface area contributed by atoms with Crippen molar-refractivity contribution < 1.29 is 9.59 Å². The van der Waals surface area contributed by atoms with Crippen molar-refractivity contribution in [3.05, 3.63) is 72.1 Å². The van der Waals surface area contributed by atoms with Crippen LogP contribution in [0.25, 0.3) is 0 Å². The van der Waals surface area contributed by atoms with Crippen LogP contribution < -0.4 is 10.6 Å². The van der Waals surface area contributed by atoms with Crippen LogP contribution in [0.4, 0.5) is 5.69 Å². The molecular formula is C20H23N3O2. The lowest BCUT2D eigenvalue weighted by Gasteiger charge is -2.19. The first-order valence-corrected chi connectivity index (χ1v) is 8.08. The summed E-state index contributed by atoms with van der Waals surface area (Å²) in [6.07, 6.45) is 3.02. The number of carbonyl (C=O) groups excluding carboxylic acids is 2. The van der Waals surface area contributed by atoms with Gasteiger partial charge in [-0.2, -0.15) is 0 Å². The van der Waals surface area contributed by atoms with Crippen LogP contribution in [-0.2, 0) is 5.41 Å².